The molecule has 0 unspecified atom stereocenters. The Morgan fingerprint density at radius 2 is 1.97 bits per heavy atom. The van der Waals surface area contributed by atoms with E-state index in [-0.39, 0.29) is 18.2 Å². The second-order valence-electron chi connectivity index (χ2n) is 7.12. The van der Waals surface area contributed by atoms with Crippen molar-refractivity contribution >= 4 is 16.8 Å². The molecular weight excluding hydrogens is 408 g/mol. The molecule has 1 amide bonds. The van der Waals surface area contributed by atoms with Crippen molar-refractivity contribution < 1.29 is 14.1 Å². The number of aromatic nitrogens is 5. The Morgan fingerprint density at radius 3 is 2.81 bits per heavy atom. The Hall–Kier alpha value is -4.40. The topological polar surface area (TPSA) is 100 Å². The molecule has 5 rings (SSSR count). The van der Waals surface area contributed by atoms with Crippen LogP contribution in [0.25, 0.3) is 16.6 Å². The smallest absolute Gasteiger partial charge is 0.273 e. The molecule has 0 saturated carbocycles. The van der Waals surface area contributed by atoms with E-state index in [1.165, 1.54) is 11.7 Å². The van der Waals surface area contributed by atoms with E-state index < -0.39 is 0 Å². The average molecular weight is 428 g/mol. The summed E-state index contributed by atoms with van der Waals surface area (Å²) >= 11 is 0. The first-order valence-corrected chi connectivity index (χ1v) is 10.1. The zero-order valence-electron chi connectivity index (χ0n) is 17.1. The van der Waals surface area contributed by atoms with Gasteiger partial charge in [0, 0.05) is 30.9 Å². The number of benzene rings is 2. The summed E-state index contributed by atoms with van der Waals surface area (Å²) in [5.74, 6) is 0.843. The molecule has 32 heavy (non-hydrogen) atoms. The van der Waals surface area contributed by atoms with E-state index in [1.807, 2.05) is 42.6 Å². The fraction of sp³-hybridized carbons (Fsp3) is 0.130. The fourth-order valence-corrected chi connectivity index (χ4v) is 3.40. The van der Waals surface area contributed by atoms with Gasteiger partial charge in [0.05, 0.1) is 5.69 Å². The molecule has 1 N–H and O–H groups in total. The summed E-state index contributed by atoms with van der Waals surface area (Å²) < 4.78 is 14.7. The Labute approximate surface area is 183 Å². The number of ether oxygens (including phenoxy) is 1. The molecule has 0 atom stereocenters. The number of carbonyl (C=O) groups is 1. The van der Waals surface area contributed by atoms with Gasteiger partial charge in [-0.3, -0.25) is 4.79 Å². The quantitative estimate of drug-likeness (QED) is 0.407. The molecule has 0 aliphatic carbocycles. The lowest BCUT2D eigenvalue weighted by Crippen LogP contribution is -2.27. The largest absolute Gasteiger partial charge is 0.486 e. The van der Waals surface area contributed by atoms with Crippen LogP contribution < -0.4 is 10.1 Å². The monoisotopic (exact) mass is 428 g/mol. The summed E-state index contributed by atoms with van der Waals surface area (Å²) in [4.78, 5) is 16.3. The average Bonchev–Trinajstić information content (AvgIpc) is 3.59. The van der Waals surface area contributed by atoms with E-state index in [0.29, 0.717) is 24.6 Å². The van der Waals surface area contributed by atoms with Crippen LogP contribution in [0.1, 0.15) is 16.2 Å². The highest BCUT2D eigenvalue weighted by Crippen LogP contribution is 2.17. The first-order valence-electron chi connectivity index (χ1n) is 10.1. The van der Waals surface area contributed by atoms with Crippen LogP contribution >= 0.6 is 0 Å². The molecule has 9 heteroatoms. The lowest BCUT2D eigenvalue weighted by atomic mass is 10.2. The molecule has 5 aromatic rings. The van der Waals surface area contributed by atoms with Crippen molar-refractivity contribution in [3.05, 3.63) is 91.0 Å². The molecule has 3 heterocycles. The first-order chi connectivity index (χ1) is 15.8. The summed E-state index contributed by atoms with van der Waals surface area (Å²) in [6.45, 7) is 1.31. The van der Waals surface area contributed by atoms with Crippen LogP contribution in [0, 0.1) is 0 Å². The van der Waals surface area contributed by atoms with Gasteiger partial charge in [0.25, 0.3) is 5.91 Å². The molecular formula is C23H20N6O3. The van der Waals surface area contributed by atoms with Crippen molar-refractivity contribution in [2.45, 2.75) is 13.2 Å². The van der Waals surface area contributed by atoms with Gasteiger partial charge in [-0.2, -0.15) is 5.10 Å². The van der Waals surface area contributed by atoms with Crippen molar-refractivity contribution in [1.29, 1.82) is 0 Å². The molecule has 0 saturated heterocycles. The van der Waals surface area contributed by atoms with Crippen LogP contribution in [-0.4, -0.2) is 36.9 Å². The van der Waals surface area contributed by atoms with E-state index in [0.717, 1.165) is 11.2 Å². The lowest BCUT2D eigenvalue weighted by Gasteiger charge is -2.06. The number of hydrogen-bond acceptors (Lipinski definition) is 6. The normalized spacial score (nSPS) is 11.0. The van der Waals surface area contributed by atoms with Crippen molar-refractivity contribution in [2.75, 3.05) is 6.54 Å². The molecule has 0 fully saturated rings. The summed E-state index contributed by atoms with van der Waals surface area (Å²) in [5.41, 5.74) is 2.24. The second-order valence-corrected chi connectivity index (χ2v) is 7.12. The zero-order chi connectivity index (χ0) is 21.8. The maximum absolute atomic E-state index is 12.4. The van der Waals surface area contributed by atoms with Crippen molar-refractivity contribution in [3.63, 3.8) is 0 Å². The Kier molecular flexibility index (Phi) is 5.36. The van der Waals surface area contributed by atoms with E-state index in [4.69, 9.17) is 9.26 Å². The van der Waals surface area contributed by atoms with Gasteiger partial charge < -0.3 is 19.1 Å². The van der Waals surface area contributed by atoms with Crippen LogP contribution in [0.3, 0.4) is 0 Å². The van der Waals surface area contributed by atoms with E-state index >= 15 is 0 Å². The molecule has 9 nitrogen and oxygen atoms in total. The van der Waals surface area contributed by atoms with Gasteiger partial charge in [-0.05, 0) is 41.8 Å². The highest BCUT2D eigenvalue weighted by atomic mass is 16.5. The molecule has 0 bridgehead atoms. The minimum Gasteiger partial charge on any atom is -0.486 e. The SMILES string of the molecule is O=C(NCCn1ccc2ccccc21)c1cc(COc2ccc(-n3cncn3)cc2)on1. The number of carbonyl (C=O) groups excluding carboxylic acids is 1. The number of nitrogens with one attached hydrogen (secondary N) is 1. The van der Waals surface area contributed by atoms with Crippen molar-refractivity contribution in [2.24, 2.45) is 0 Å². The molecule has 0 spiro atoms. The Bertz CT molecular complexity index is 1320. The first kappa shape index (κ1) is 19.6. The molecule has 0 aliphatic heterocycles. The van der Waals surface area contributed by atoms with Gasteiger partial charge in [0.1, 0.15) is 25.0 Å². The third kappa shape index (κ3) is 4.22. The standard InChI is InChI=1S/C23H20N6O3/c30-23(25-10-12-28-11-9-17-3-1-2-4-22(17)28)21-13-20(32-27-21)14-31-19-7-5-18(6-8-19)29-16-24-15-26-29/h1-9,11,13,15-16H,10,12,14H2,(H,25,30). The van der Waals surface area contributed by atoms with Gasteiger partial charge >= 0.3 is 0 Å². The minimum atomic E-state index is -0.284. The number of rotatable bonds is 8. The van der Waals surface area contributed by atoms with Gasteiger partial charge in [-0.25, -0.2) is 9.67 Å². The maximum atomic E-state index is 12.4. The number of fused-ring (bicyclic) bond motifs is 1. The summed E-state index contributed by atoms with van der Waals surface area (Å²) in [5, 5.41) is 12.0. The Balaban J connectivity index is 1.12. The van der Waals surface area contributed by atoms with Crippen LogP contribution in [0.5, 0.6) is 5.75 Å². The summed E-state index contributed by atoms with van der Waals surface area (Å²) in [6.07, 6.45) is 5.11. The van der Waals surface area contributed by atoms with Crippen LogP contribution in [0.15, 0.2) is 84.0 Å². The molecule has 160 valence electrons. The predicted octanol–water partition coefficient (Wildman–Crippen LogP) is 3.22. The van der Waals surface area contributed by atoms with Gasteiger partial charge in [0.2, 0.25) is 0 Å². The zero-order valence-corrected chi connectivity index (χ0v) is 17.1. The maximum Gasteiger partial charge on any atom is 0.273 e. The van der Waals surface area contributed by atoms with Crippen LogP contribution in [0.4, 0.5) is 0 Å². The highest BCUT2D eigenvalue weighted by molar-refractivity contribution is 5.92. The van der Waals surface area contributed by atoms with Gasteiger partial charge in [-0.1, -0.05) is 23.4 Å². The molecule has 0 aliphatic rings. The molecule has 2 aromatic carbocycles. The second kappa shape index (κ2) is 8.76. The van der Waals surface area contributed by atoms with E-state index in [2.05, 4.69) is 43.3 Å². The van der Waals surface area contributed by atoms with Crippen LogP contribution in [-0.2, 0) is 13.2 Å². The highest BCUT2D eigenvalue weighted by Gasteiger charge is 2.13. The fourth-order valence-electron chi connectivity index (χ4n) is 3.40. The van der Waals surface area contributed by atoms with E-state index in [1.54, 1.807) is 17.1 Å². The summed E-state index contributed by atoms with van der Waals surface area (Å²) in [6, 6.07) is 19.2. The van der Waals surface area contributed by atoms with Crippen LogP contribution in [0.2, 0.25) is 0 Å². The number of nitrogens with zero attached hydrogens (tertiary/aromatic N) is 5. The molecule has 3 aromatic heterocycles. The van der Waals surface area contributed by atoms with Crippen molar-refractivity contribution in [3.8, 4) is 11.4 Å². The minimum absolute atomic E-state index is 0.165. The number of para-hydroxylation sites is 1. The lowest BCUT2D eigenvalue weighted by molar-refractivity contribution is 0.0943. The summed E-state index contributed by atoms with van der Waals surface area (Å²) in [7, 11) is 0. The third-order valence-electron chi connectivity index (χ3n) is 5.01. The van der Waals surface area contributed by atoms with Crippen molar-refractivity contribution in [1.82, 2.24) is 29.8 Å². The molecule has 0 radical (unpaired) electrons. The van der Waals surface area contributed by atoms with Gasteiger partial charge in [-0.15, -0.1) is 0 Å². The third-order valence-corrected chi connectivity index (χ3v) is 5.01. The number of hydrogen-bond donors (Lipinski definition) is 1. The van der Waals surface area contributed by atoms with Gasteiger partial charge in [0.15, 0.2) is 11.5 Å². The van der Waals surface area contributed by atoms with E-state index in [9.17, 15) is 4.79 Å². The predicted molar refractivity (Wildman–Crippen MR) is 116 cm³/mol. The Morgan fingerprint density at radius 1 is 1.09 bits per heavy atom. The number of amides is 1.